The number of pyridine rings is 1. The fraction of sp³-hybridized carbons (Fsp3) is 0.263. The minimum absolute atomic E-state index is 0.0573. The summed E-state index contributed by atoms with van der Waals surface area (Å²) in [6.07, 6.45) is 0.732. The number of hydrogen-bond acceptors (Lipinski definition) is 6. The summed E-state index contributed by atoms with van der Waals surface area (Å²) in [4.78, 5) is 29.6. The van der Waals surface area contributed by atoms with Crippen molar-refractivity contribution < 1.29 is 14.3 Å². The van der Waals surface area contributed by atoms with Crippen LogP contribution in [0.15, 0.2) is 35.7 Å². The summed E-state index contributed by atoms with van der Waals surface area (Å²) in [7, 11) is 0. The first-order valence-corrected chi connectivity index (χ1v) is 9.86. The summed E-state index contributed by atoms with van der Waals surface area (Å²) in [6.45, 7) is 3.83. The lowest BCUT2D eigenvalue weighted by atomic mass is 10.3. The first kappa shape index (κ1) is 20.0. The van der Waals surface area contributed by atoms with Crippen LogP contribution in [-0.2, 0) is 16.0 Å². The van der Waals surface area contributed by atoms with E-state index in [0.717, 1.165) is 17.8 Å². The summed E-state index contributed by atoms with van der Waals surface area (Å²) in [6, 6.07) is 9.07. The molecule has 0 atom stereocenters. The van der Waals surface area contributed by atoms with Crippen LogP contribution in [-0.4, -0.2) is 39.8 Å². The number of thiophene rings is 1. The second-order valence-corrected chi connectivity index (χ2v) is 7.53. The van der Waals surface area contributed by atoms with Crippen molar-refractivity contribution in [2.75, 3.05) is 13.2 Å². The van der Waals surface area contributed by atoms with Crippen LogP contribution >= 0.6 is 22.9 Å². The van der Waals surface area contributed by atoms with Gasteiger partial charge in [-0.15, -0.1) is 11.3 Å². The Morgan fingerprint density at radius 3 is 2.79 bits per heavy atom. The molecule has 146 valence electrons. The smallest absolute Gasteiger partial charge is 0.359 e. The maximum Gasteiger partial charge on any atom is 0.359 e. The number of carbonyl (C=O) groups excluding carboxylic acids is 2. The van der Waals surface area contributed by atoms with E-state index in [2.05, 4.69) is 15.4 Å². The Kier molecular flexibility index (Phi) is 6.43. The van der Waals surface area contributed by atoms with E-state index in [1.165, 1.54) is 4.88 Å². The molecule has 3 heterocycles. The van der Waals surface area contributed by atoms with Gasteiger partial charge in [0, 0.05) is 17.1 Å². The van der Waals surface area contributed by atoms with Crippen LogP contribution in [0.3, 0.4) is 0 Å². The van der Waals surface area contributed by atoms with Gasteiger partial charge >= 0.3 is 5.97 Å². The molecule has 7 nitrogen and oxygen atoms in total. The number of esters is 1. The molecule has 0 aromatic carbocycles. The van der Waals surface area contributed by atoms with Crippen molar-refractivity contribution in [2.45, 2.75) is 20.3 Å². The van der Waals surface area contributed by atoms with Crippen molar-refractivity contribution in [1.82, 2.24) is 20.1 Å². The minimum Gasteiger partial charge on any atom is -0.451 e. The summed E-state index contributed by atoms with van der Waals surface area (Å²) in [5.74, 6) is -0.695. The number of hydrogen-bond donors (Lipinski definition) is 1. The molecule has 3 rings (SSSR count). The van der Waals surface area contributed by atoms with Gasteiger partial charge in [0.2, 0.25) is 0 Å². The van der Waals surface area contributed by atoms with Crippen molar-refractivity contribution in [2.24, 2.45) is 0 Å². The Bertz CT molecular complexity index is 985. The van der Waals surface area contributed by atoms with Crippen LogP contribution in [0.4, 0.5) is 0 Å². The Morgan fingerprint density at radius 1 is 1.29 bits per heavy atom. The highest BCUT2D eigenvalue weighted by Crippen LogP contribution is 2.18. The van der Waals surface area contributed by atoms with Gasteiger partial charge in [-0.3, -0.25) is 4.79 Å². The van der Waals surface area contributed by atoms with Gasteiger partial charge in [0.25, 0.3) is 5.91 Å². The molecule has 0 aliphatic rings. The maximum absolute atomic E-state index is 12.3. The molecule has 0 saturated carbocycles. The number of carbonyl (C=O) groups is 2. The van der Waals surface area contributed by atoms with Gasteiger partial charge < -0.3 is 10.1 Å². The molecule has 0 saturated heterocycles. The first-order valence-electron chi connectivity index (χ1n) is 8.60. The zero-order valence-electron chi connectivity index (χ0n) is 15.4. The zero-order valence-corrected chi connectivity index (χ0v) is 17.0. The third kappa shape index (κ3) is 4.96. The van der Waals surface area contributed by atoms with Crippen molar-refractivity contribution in [3.8, 4) is 5.82 Å². The minimum atomic E-state index is -0.762. The number of ether oxygens (including phenoxy) is 1. The van der Waals surface area contributed by atoms with E-state index in [4.69, 9.17) is 16.3 Å². The Morgan fingerprint density at radius 2 is 2.11 bits per heavy atom. The van der Waals surface area contributed by atoms with E-state index in [-0.39, 0.29) is 16.6 Å². The highest BCUT2D eigenvalue weighted by atomic mass is 35.5. The maximum atomic E-state index is 12.3. The van der Waals surface area contributed by atoms with Crippen molar-refractivity contribution in [3.05, 3.63) is 62.7 Å². The highest BCUT2D eigenvalue weighted by molar-refractivity contribution is 7.09. The van der Waals surface area contributed by atoms with E-state index in [0.29, 0.717) is 12.4 Å². The molecule has 1 amide bonds. The number of rotatable bonds is 7. The van der Waals surface area contributed by atoms with Crippen LogP contribution in [0, 0.1) is 13.8 Å². The molecule has 3 aromatic rings. The Balaban J connectivity index is 1.58. The van der Waals surface area contributed by atoms with Crippen molar-refractivity contribution in [1.29, 1.82) is 0 Å². The monoisotopic (exact) mass is 418 g/mol. The molecule has 0 radical (unpaired) electrons. The van der Waals surface area contributed by atoms with Crippen LogP contribution in [0.25, 0.3) is 5.82 Å². The molecule has 3 aromatic heterocycles. The molecule has 9 heteroatoms. The van der Waals surface area contributed by atoms with E-state index < -0.39 is 12.6 Å². The molecular formula is C19H19ClN4O3S. The highest BCUT2D eigenvalue weighted by Gasteiger charge is 2.18. The standard InChI is InChI=1S/C19H19ClN4O3S/c1-12-10-13(2)24(23-12)16-6-5-15(20)18(22-16)19(26)27-11-17(25)21-8-7-14-4-3-9-28-14/h3-6,9-10H,7-8,11H2,1-2H3,(H,21,25). The van der Waals surface area contributed by atoms with Gasteiger partial charge in [-0.05, 0) is 49.9 Å². The number of nitrogens with zero attached hydrogens (tertiary/aromatic N) is 3. The molecule has 1 N–H and O–H groups in total. The normalized spacial score (nSPS) is 10.7. The van der Waals surface area contributed by atoms with Crippen molar-refractivity contribution >= 4 is 34.8 Å². The van der Waals surface area contributed by atoms with Gasteiger partial charge in [-0.25, -0.2) is 14.5 Å². The number of nitrogens with one attached hydrogen (secondary N) is 1. The van der Waals surface area contributed by atoms with Gasteiger partial charge in [0.1, 0.15) is 0 Å². The fourth-order valence-corrected chi connectivity index (χ4v) is 3.48. The van der Waals surface area contributed by atoms with Crippen LogP contribution in [0.2, 0.25) is 5.02 Å². The quantitative estimate of drug-likeness (QED) is 0.596. The predicted octanol–water partition coefficient (Wildman–Crippen LogP) is 3.11. The molecule has 0 spiro atoms. The van der Waals surface area contributed by atoms with E-state index >= 15 is 0 Å². The van der Waals surface area contributed by atoms with Crippen LogP contribution in [0.5, 0.6) is 0 Å². The average molecular weight is 419 g/mol. The molecule has 28 heavy (non-hydrogen) atoms. The van der Waals surface area contributed by atoms with Gasteiger partial charge in [0.05, 0.1) is 10.7 Å². The summed E-state index contributed by atoms with van der Waals surface area (Å²) >= 11 is 7.71. The number of aryl methyl sites for hydroxylation is 2. The van der Waals surface area contributed by atoms with Crippen LogP contribution in [0.1, 0.15) is 26.8 Å². The molecule has 0 aliphatic heterocycles. The predicted molar refractivity (Wildman–Crippen MR) is 107 cm³/mol. The molecule has 0 aliphatic carbocycles. The van der Waals surface area contributed by atoms with Gasteiger partial charge in [0.15, 0.2) is 18.1 Å². The lowest BCUT2D eigenvalue weighted by Crippen LogP contribution is -2.30. The molecule has 0 unspecified atom stereocenters. The zero-order chi connectivity index (χ0) is 20.1. The lowest BCUT2D eigenvalue weighted by Gasteiger charge is -2.09. The Hall–Kier alpha value is -2.71. The fourth-order valence-electron chi connectivity index (χ4n) is 2.58. The number of halogens is 1. The van der Waals surface area contributed by atoms with Crippen LogP contribution < -0.4 is 5.32 Å². The molecule has 0 bridgehead atoms. The SMILES string of the molecule is Cc1cc(C)n(-c2ccc(Cl)c(C(=O)OCC(=O)NCCc3cccs3)n2)n1. The summed E-state index contributed by atoms with van der Waals surface area (Å²) in [5, 5.41) is 9.18. The van der Waals surface area contributed by atoms with Crippen molar-refractivity contribution in [3.63, 3.8) is 0 Å². The second kappa shape index (κ2) is 8.99. The second-order valence-electron chi connectivity index (χ2n) is 6.09. The summed E-state index contributed by atoms with van der Waals surface area (Å²) in [5.41, 5.74) is 1.65. The van der Waals surface area contributed by atoms with Gasteiger partial charge in [-0.1, -0.05) is 17.7 Å². The van der Waals surface area contributed by atoms with E-state index in [1.54, 1.807) is 28.2 Å². The average Bonchev–Trinajstić information content (AvgIpc) is 3.29. The topological polar surface area (TPSA) is 86.1 Å². The largest absolute Gasteiger partial charge is 0.451 e. The van der Waals surface area contributed by atoms with E-state index in [1.807, 2.05) is 37.4 Å². The lowest BCUT2D eigenvalue weighted by molar-refractivity contribution is -0.124. The third-order valence-corrected chi connectivity index (χ3v) is 5.10. The first-order chi connectivity index (χ1) is 13.4. The number of amides is 1. The molecular weight excluding hydrogens is 400 g/mol. The number of aromatic nitrogens is 3. The third-order valence-electron chi connectivity index (χ3n) is 3.86. The van der Waals surface area contributed by atoms with Gasteiger partial charge in [-0.2, -0.15) is 5.10 Å². The van der Waals surface area contributed by atoms with E-state index in [9.17, 15) is 9.59 Å². The molecule has 0 fully saturated rings. The Labute approximate surface area is 171 Å². The summed E-state index contributed by atoms with van der Waals surface area (Å²) < 4.78 is 6.67.